The van der Waals surface area contributed by atoms with Crippen molar-refractivity contribution < 1.29 is 9.53 Å². The Morgan fingerprint density at radius 1 is 1.55 bits per heavy atom. The minimum Gasteiger partial charge on any atom is -0.462 e. The van der Waals surface area contributed by atoms with Crippen LogP contribution in [0.4, 0.5) is 0 Å². The van der Waals surface area contributed by atoms with E-state index in [2.05, 4.69) is 5.32 Å². The quantitative estimate of drug-likeness (QED) is 0.552. The maximum absolute atomic E-state index is 10.8. The van der Waals surface area contributed by atoms with Gasteiger partial charge in [0.2, 0.25) is 0 Å². The van der Waals surface area contributed by atoms with Crippen LogP contribution in [-0.2, 0) is 9.53 Å². The van der Waals surface area contributed by atoms with E-state index < -0.39 is 0 Å². The molecule has 0 aromatic carbocycles. The molecule has 0 amide bonds. The number of esters is 1. The molecular weight excluding hydrogens is 142 g/mol. The third kappa shape index (κ3) is 2.89. The third-order valence-corrected chi connectivity index (χ3v) is 1.81. The summed E-state index contributed by atoms with van der Waals surface area (Å²) in [5, 5.41) is 4.17. The van der Waals surface area contributed by atoms with Crippen molar-refractivity contribution in [3.8, 4) is 0 Å². The smallest absolute Gasteiger partial charge is 0.305 e. The first-order valence-corrected chi connectivity index (χ1v) is 4.15. The van der Waals surface area contributed by atoms with Gasteiger partial charge in [0.1, 0.15) is 6.10 Å². The van der Waals surface area contributed by atoms with Gasteiger partial charge in [-0.2, -0.15) is 0 Å². The molecule has 0 unspecified atom stereocenters. The van der Waals surface area contributed by atoms with Gasteiger partial charge in [-0.1, -0.05) is 6.92 Å². The average molecular weight is 156 g/mol. The predicted octanol–water partition coefficient (Wildman–Crippen LogP) is 0.706. The molecule has 1 saturated heterocycles. The highest BCUT2D eigenvalue weighted by Crippen LogP contribution is 2.08. The Labute approximate surface area is 67.1 Å². The molecule has 0 spiro atoms. The number of carbonyl (C=O) groups excluding carboxylic acids is 1. The molecule has 3 nitrogen and oxygen atoms in total. The predicted molar refractivity (Wildman–Crippen MR) is 41.3 cm³/mol. The Hall–Kier alpha value is -0.570. The van der Waals surface area contributed by atoms with Gasteiger partial charge in [0, 0.05) is 19.5 Å². The Kier molecular flexibility index (Phi) is 3.36. The normalized spacial score (nSPS) is 19.7. The first-order chi connectivity index (χ1) is 5.33. The highest BCUT2D eigenvalue weighted by atomic mass is 16.5. The number of nitrogens with zero attached hydrogens (tertiary/aromatic N) is 1. The zero-order valence-corrected chi connectivity index (χ0v) is 6.88. The molecule has 1 aliphatic rings. The van der Waals surface area contributed by atoms with Gasteiger partial charge in [0.15, 0.2) is 0 Å². The first kappa shape index (κ1) is 8.53. The van der Waals surface area contributed by atoms with Crippen LogP contribution in [0.3, 0.4) is 0 Å². The summed E-state index contributed by atoms with van der Waals surface area (Å²) in [4.78, 5) is 10.8. The summed E-state index contributed by atoms with van der Waals surface area (Å²) >= 11 is 0. The molecule has 0 aromatic rings. The van der Waals surface area contributed by atoms with E-state index in [0.717, 1.165) is 25.9 Å². The van der Waals surface area contributed by atoms with Gasteiger partial charge in [0.05, 0.1) is 0 Å². The second-order valence-electron chi connectivity index (χ2n) is 2.71. The number of ether oxygens (including phenoxy) is 1. The average Bonchev–Trinajstić information content (AvgIpc) is 2.06. The highest BCUT2D eigenvalue weighted by Gasteiger charge is 2.16. The lowest BCUT2D eigenvalue weighted by Crippen LogP contribution is -2.29. The Balaban J connectivity index is 2.19. The van der Waals surface area contributed by atoms with E-state index in [9.17, 15) is 4.79 Å². The Morgan fingerprint density at radius 3 is 2.73 bits per heavy atom. The topological polar surface area (TPSA) is 40.4 Å². The maximum atomic E-state index is 10.8. The van der Waals surface area contributed by atoms with Crippen LogP contribution in [-0.4, -0.2) is 25.2 Å². The number of rotatable bonds is 2. The highest BCUT2D eigenvalue weighted by molar-refractivity contribution is 5.69. The van der Waals surface area contributed by atoms with Gasteiger partial charge in [-0.15, -0.1) is 0 Å². The molecule has 0 aromatic heterocycles. The van der Waals surface area contributed by atoms with Crippen LogP contribution in [0.25, 0.3) is 0 Å². The number of hydrogen-bond donors (Lipinski definition) is 0. The van der Waals surface area contributed by atoms with E-state index in [4.69, 9.17) is 4.74 Å². The molecule has 1 fully saturated rings. The molecule has 0 saturated carbocycles. The zero-order chi connectivity index (χ0) is 8.10. The molecule has 0 atom stereocenters. The van der Waals surface area contributed by atoms with Crippen LogP contribution in [0.5, 0.6) is 0 Å². The fourth-order valence-corrected chi connectivity index (χ4v) is 1.11. The molecule has 63 valence electrons. The van der Waals surface area contributed by atoms with Crippen LogP contribution in [0, 0.1) is 0 Å². The number of hydrogen-bond acceptors (Lipinski definition) is 2. The number of piperidine rings is 1. The summed E-state index contributed by atoms with van der Waals surface area (Å²) in [6, 6.07) is 0. The molecule has 3 heteroatoms. The maximum Gasteiger partial charge on any atom is 0.305 e. The summed E-state index contributed by atoms with van der Waals surface area (Å²) in [6.45, 7) is 3.51. The molecule has 0 bridgehead atoms. The molecule has 1 radical (unpaired) electrons. The minimum absolute atomic E-state index is 0.0862. The van der Waals surface area contributed by atoms with Crippen molar-refractivity contribution in [2.45, 2.75) is 32.3 Å². The molecular formula is C8H14NO2. The van der Waals surface area contributed by atoms with Gasteiger partial charge in [-0.3, -0.25) is 4.79 Å². The van der Waals surface area contributed by atoms with E-state index in [1.54, 1.807) is 0 Å². The first-order valence-electron chi connectivity index (χ1n) is 4.15. The largest absolute Gasteiger partial charge is 0.462 e. The minimum atomic E-state index is -0.0862. The van der Waals surface area contributed by atoms with E-state index in [1.165, 1.54) is 0 Å². The van der Waals surface area contributed by atoms with Crippen molar-refractivity contribution in [2.24, 2.45) is 0 Å². The Bertz CT molecular complexity index is 130. The molecule has 1 rings (SSSR count). The van der Waals surface area contributed by atoms with Crippen molar-refractivity contribution in [3.63, 3.8) is 0 Å². The molecule has 0 aliphatic carbocycles. The van der Waals surface area contributed by atoms with Crippen molar-refractivity contribution in [1.82, 2.24) is 5.32 Å². The van der Waals surface area contributed by atoms with Crippen LogP contribution in [0.1, 0.15) is 26.2 Å². The lowest BCUT2D eigenvalue weighted by Gasteiger charge is -2.21. The Morgan fingerprint density at radius 2 is 2.18 bits per heavy atom. The van der Waals surface area contributed by atoms with Gasteiger partial charge < -0.3 is 4.74 Å². The van der Waals surface area contributed by atoms with Gasteiger partial charge >= 0.3 is 5.97 Å². The van der Waals surface area contributed by atoms with Crippen molar-refractivity contribution in [3.05, 3.63) is 0 Å². The van der Waals surface area contributed by atoms with E-state index >= 15 is 0 Å². The van der Waals surface area contributed by atoms with E-state index in [0.29, 0.717) is 6.42 Å². The molecule has 0 N–H and O–H groups in total. The lowest BCUT2D eigenvalue weighted by molar-refractivity contribution is -0.149. The summed E-state index contributed by atoms with van der Waals surface area (Å²) in [5.41, 5.74) is 0. The van der Waals surface area contributed by atoms with Gasteiger partial charge in [-0.25, -0.2) is 5.32 Å². The second-order valence-corrected chi connectivity index (χ2v) is 2.71. The fraction of sp³-hybridized carbons (Fsp3) is 0.875. The van der Waals surface area contributed by atoms with Crippen LogP contribution in [0.15, 0.2) is 0 Å². The fourth-order valence-electron chi connectivity index (χ4n) is 1.11. The summed E-state index contributed by atoms with van der Waals surface area (Å²) in [5.74, 6) is -0.0862. The SMILES string of the molecule is CCC(=O)OC1CC[N]CC1. The summed E-state index contributed by atoms with van der Waals surface area (Å²) in [7, 11) is 0. The van der Waals surface area contributed by atoms with Crippen molar-refractivity contribution in [1.29, 1.82) is 0 Å². The van der Waals surface area contributed by atoms with Crippen LogP contribution >= 0.6 is 0 Å². The monoisotopic (exact) mass is 156 g/mol. The van der Waals surface area contributed by atoms with Crippen LogP contribution in [0.2, 0.25) is 0 Å². The van der Waals surface area contributed by atoms with E-state index in [-0.39, 0.29) is 12.1 Å². The van der Waals surface area contributed by atoms with Crippen molar-refractivity contribution in [2.75, 3.05) is 13.1 Å². The lowest BCUT2D eigenvalue weighted by atomic mass is 10.1. The molecule has 1 aliphatic heterocycles. The third-order valence-electron chi connectivity index (χ3n) is 1.81. The standard InChI is InChI=1S/C8H14NO2/c1-2-8(10)11-7-3-5-9-6-4-7/h7H,2-6H2,1H3. The zero-order valence-electron chi connectivity index (χ0n) is 6.88. The number of carbonyl (C=O) groups is 1. The summed E-state index contributed by atoms with van der Waals surface area (Å²) in [6.07, 6.45) is 2.44. The summed E-state index contributed by atoms with van der Waals surface area (Å²) < 4.78 is 5.14. The van der Waals surface area contributed by atoms with E-state index in [1.807, 2.05) is 6.92 Å². The second kappa shape index (κ2) is 4.34. The van der Waals surface area contributed by atoms with Gasteiger partial charge in [-0.05, 0) is 12.8 Å². The van der Waals surface area contributed by atoms with Crippen molar-refractivity contribution >= 4 is 5.97 Å². The molecule has 1 heterocycles. The molecule has 11 heavy (non-hydrogen) atoms. The van der Waals surface area contributed by atoms with Gasteiger partial charge in [0.25, 0.3) is 0 Å². The van der Waals surface area contributed by atoms with Crippen LogP contribution < -0.4 is 5.32 Å².